The van der Waals surface area contributed by atoms with E-state index in [1.165, 1.54) is 22.9 Å². The second kappa shape index (κ2) is 5.89. The van der Waals surface area contributed by atoms with Crippen molar-refractivity contribution in [3.63, 3.8) is 0 Å². The van der Waals surface area contributed by atoms with Gasteiger partial charge in [-0.3, -0.25) is 0 Å². The van der Waals surface area contributed by atoms with Crippen molar-refractivity contribution in [1.82, 2.24) is 5.32 Å². The summed E-state index contributed by atoms with van der Waals surface area (Å²) in [5.41, 5.74) is 1.40. The Morgan fingerprint density at radius 3 is 2.64 bits per heavy atom. The van der Waals surface area contributed by atoms with Gasteiger partial charge in [-0.25, -0.2) is 0 Å². The molecule has 1 rings (SSSR count). The lowest BCUT2D eigenvalue weighted by Crippen LogP contribution is -2.23. The monoisotopic (exact) mass is 275 g/mol. The fourth-order valence-electron chi connectivity index (χ4n) is 1.88. The number of thiophene rings is 1. The van der Waals surface area contributed by atoms with E-state index in [2.05, 4.69) is 45.9 Å². The third-order valence-corrected chi connectivity index (χ3v) is 4.35. The van der Waals surface area contributed by atoms with Crippen molar-refractivity contribution in [2.75, 3.05) is 7.05 Å². The SMILES string of the molecule is CCCC(C)C(NC)c1cscc1Br. The summed E-state index contributed by atoms with van der Waals surface area (Å²) < 4.78 is 1.24. The molecular weight excluding hydrogens is 258 g/mol. The van der Waals surface area contributed by atoms with Crippen LogP contribution >= 0.6 is 27.3 Å². The average Bonchev–Trinajstić information content (AvgIpc) is 2.54. The van der Waals surface area contributed by atoms with Gasteiger partial charge in [0.15, 0.2) is 0 Å². The summed E-state index contributed by atoms with van der Waals surface area (Å²) in [6.45, 7) is 4.56. The van der Waals surface area contributed by atoms with Gasteiger partial charge in [-0.05, 0) is 46.3 Å². The van der Waals surface area contributed by atoms with E-state index in [-0.39, 0.29) is 0 Å². The zero-order valence-corrected chi connectivity index (χ0v) is 11.4. The van der Waals surface area contributed by atoms with Crippen LogP contribution in [0.2, 0.25) is 0 Å². The standard InChI is InChI=1S/C11H18BrNS/c1-4-5-8(2)11(13-3)9-6-14-7-10(9)12/h6-8,11,13H,4-5H2,1-3H3. The molecule has 0 aliphatic rings. The van der Waals surface area contributed by atoms with Crippen LogP contribution in [0.25, 0.3) is 0 Å². The van der Waals surface area contributed by atoms with Crippen molar-refractivity contribution < 1.29 is 0 Å². The summed E-state index contributed by atoms with van der Waals surface area (Å²) in [4.78, 5) is 0. The van der Waals surface area contributed by atoms with E-state index >= 15 is 0 Å². The second-order valence-electron chi connectivity index (χ2n) is 3.71. The van der Waals surface area contributed by atoms with Gasteiger partial charge in [0.25, 0.3) is 0 Å². The molecule has 2 unspecified atom stereocenters. The Labute approximate surface area is 99.0 Å². The van der Waals surface area contributed by atoms with Crippen molar-refractivity contribution in [2.45, 2.75) is 32.7 Å². The maximum absolute atomic E-state index is 3.60. The Bertz CT molecular complexity index is 272. The summed E-state index contributed by atoms with van der Waals surface area (Å²) in [5, 5.41) is 7.79. The molecule has 0 amide bonds. The first-order valence-corrected chi connectivity index (χ1v) is 6.83. The van der Waals surface area contributed by atoms with Crippen molar-refractivity contribution in [1.29, 1.82) is 0 Å². The first-order chi connectivity index (χ1) is 6.70. The smallest absolute Gasteiger partial charge is 0.0363 e. The first kappa shape index (κ1) is 12.2. The Morgan fingerprint density at radius 2 is 2.21 bits per heavy atom. The van der Waals surface area contributed by atoms with E-state index in [0.29, 0.717) is 12.0 Å². The van der Waals surface area contributed by atoms with Crippen LogP contribution in [0, 0.1) is 5.92 Å². The van der Waals surface area contributed by atoms with Crippen LogP contribution in [0.3, 0.4) is 0 Å². The van der Waals surface area contributed by atoms with Crippen molar-refractivity contribution in [3.8, 4) is 0 Å². The number of nitrogens with one attached hydrogen (secondary N) is 1. The Hall–Kier alpha value is 0.140. The predicted molar refractivity (Wildman–Crippen MR) is 67.9 cm³/mol. The fourth-order valence-corrected chi connectivity index (χ4v) is 3.46. The topological polar surface area (TPSA) is 12.0 Å². The molecule has 0 radical (unpaired) electrons. The highest BCUT2D eigenvalue weighted by atomic mass is 79.9. The summed E-state index contributed by atoms with van der Waals surface area (Å²) in [6.07, 6.45) is 2.52. The average molecular weight is 276 g/mol. The van der Waals surface area contributed by atoms with Gasteiger partial charge in [0.1, 0.15) is 0 Å². The van der Waals surface area contributed by atoms with E-state index in [1.54, 1.807) is 11.3 Å². The molecule has 1 aromatic heterocycles. The zero-order chi connectivity index (χ0) is 10.6. The highest BCUT2D eigenvalue weighted by Crippen LogP contribution is 2.33. The molecule has 0 fully saturated rings. The highest BCUT2D eigenvalue weighted by Gasteiger charge is 2.19. The van der Waals surface area contributed by atoms with Crippen LogP contribution in [0.5, 0.6) is 0 Å². The molecule has 0 aliphatic carbocycles. The third kappa shape index (κ3) is 2.81. The molecule has 0 saturated carbocycles. The molecule has 2 atom stereocenters. The lowest BCUT2D eigenvalue weighted by Gasteiger charge is -2.23. The van der Waals surface area contributed by atoms with E-state index in [1.807, 2.05) is 7.05 Å². The lowest BCUT2D eigenvalue weighted by atomic mass is 9.93. The summed E-state index contributed by atoms with van der Waals surface area (Å²) in [7, 11) is 2.04. The van der Waals surface area contributed by atoms with Crippen LogP contribution in [-0.4, -0.2) is 7.05 Å². The number of halogens is 1. The third-order valence-electron chi connectivity index (χ3n) is 2.60. The van der Waals surface area contributed by atoms with E-state index < -0.39 is 0 Å². The lowest BCUT2D eigenvalue weighted by molar-refractivity contribution is 0.383. The van der Waals surface area contributed by atoms with Crippen molar-refractivity contribution in [3.05, 3.63) is 20.8 Å². The minimum Gasteiger partial charge on any atom is -0.313 e. The van der Waals surface area contributed by atoms with Crippen molar-refractivity contribution in [2.24, 2.45) is 5.92 Å². The Morgan fingerprint density at radius 1 is 1.50 bits per heavy atom. The molecule has 0 spiro atoms. The highest BCUT2D eigenvalue weighted by molar-refractivity contribution is 9.10. The maximum Gasteiger partial charge on any atom is 0.0363 e. The molecule has 1 N–H and O–H groups in total. The minimum atomic E-state index is 0.482. The molecule has 1 nitrogen and oxygen atoms in total. The summed E-state index contributed by atoms with van der Waals surface area (Å²) in [6, 6.07) is 0.482. The number of hydrogen-bond donors (Lipinski definition) is 1. The van der Waals surface area contributed by atoms with Gasteiger partial charge in [-0.15, -0.1) is 0 Å². The molecule has 0 saturated heterocycles. The Balaban J connectivity index is 2.76. The van der Waals surface area contributed by atoms with Gasteiger partial charge >= 0.3 is 0 Å². The quantitative estimate of drug-likeness (QED) is 0.849. The normalized spacial score (nSPS) is 15.4. The minimum absolute atomic E-state index is 0.482. The second-order valence-corrected chi connectivity index (χ2v) is 5.31. The molecule has 1 aromatic rings. The van der Waals surface area contributed by atoms with Gasteiger partial charge < -0.3 is 5.32 Å². The van der Waals surface area contributed by atoms with Gasteiger partial charge in [0, 0.05) is 15.9 Å². The van der Waals surface area contributed by atoms with Crippen molar-refractivity contribution >= 4 is 27.3 Å². The van der Waals surface area contributed by atoms with Crippen LogP contribution in [0.1, 0.15) is 38.3 Å². The van der Waals surface area contributed by atoms with E-state index in [4.69, 9.17) is 0 Å². The Kier molecular flexibility index (Phi) is 5.13. The molecule has 0 aliphatic heterocycles. The van der Waals surface area contributed by atoms with E-state index in [9.17, 15) is 0 Å². The van der Waals surface area contributed by atoms with E-state index in [0.717, 1.165) is 0 Å². The van der Waals surface area contributed by atoms with Gasteiger partial charge in [-0.1, -0.05) is 20.3 Å². The van der Waals surface area contributed by atoms with Crippen LogP contribution in [0.4, 0.5) is 0 Å². The molecule has 0 aromatic carbocycles. The summed E-state index contributed by atoms with van der Waals surface area (Å²) >= 11 is 5.36. The maximum atomic E-state index is 3.60. The molecular formula is C11H18BrNS. The molecule has 80 valence electrons. The number of rotatable bonds is 5. The van der Waals surface area contributed by atoms with Crippen LogP contribution in [-0.2, 0) is 0 Å². The fraction of sp³-hybridized carbons (Fsp3) is 0.636. The van der Waals surface area contributed by atoms with Gasteiger partial charge in [0.05, 0.1) is 0 Å². The van der Waals surface area contributed by atoms with Crippen LogP contribution in [0.15, 0.2) is 15.2 Å². The van der Waals surface area contributed by atoms with Crippen LogP contribution < -0.4 is 5.32 Å². The number of hydrogen-bond acceptors (Lipinski definition) is 2. The first-order valence-electron chi connectivity index (χ1n) is 5.09. The molecule has 1 heterocycles. The molecule has 14 heavy (non-hydrogen) atoms. The molecule has 3 heteroatoms. The summed E-state index contributed by atoms with van der Waals surface area (Å²) in [5.74, 6) is 0.691. The van der Waals surface area contributed by atoms with Gasteiger partial charge in [-0.2, -0.15) is 11.3 Å². The largest absolute Gasteiger partial charge is 0.313 e. The predicted octanol–water partition coefficient (Wildman–Crippen LogP) is 4.21. The zero-order valence-electron chi connectivity index (χ0n) is 9.01. The van der Waals surface area contributed by atoms with Gasteiger partial charge in [0.2, 0.25) is 0 Å². The molecule has 0 bridgehead atoms.